The molecule has 7 heteroatoms. The zero-order chi connectivity index (χ0) is 22.1. The Morgan fingerprint density at radius 2 is 2.06 bits per heavy atom. The van der Waals surface area contributed by atoms with Crippen molar-refractivity contribution in [1.82, 2.24) is 10.3 Å². The van der Waals surface area contributed by atoms with E-state index in [4.69, 9.17) is 16.6 Å². The number of nitrogens with zero attached hydrogens (tertiary/aromatic N) is 1. The second-order valence-electron chi connectivity index (χ2n) is 8.28. The summed E-state index contributed by atoms with van der Waals surface area (Å²) in [4.78, 5) is 17.0. The summed E-state index contributed by atoms with van der Waals surface area (Å²) in [7, 11) is 1.91. The molecule has 4 nitrogen and oxygen atoms in total. The van der Waals surface area contributed by atoms with E-state index in [0.717, 1.165) is 59.8 Å². The van der Waals surface area contributed by atoms with Crippen molar-refractivity contribution < 1.29 is 4.79 Å². The number of amides is 1. The molecule has 0 saturated heterocycles. The van der Waals surface area contributed by atoms with Gasteiger partial charge < -0.3 is 10.6 Å². The lowest BCUT2D eigenvalue weighted by molar-refractivity contribution is -0.121. The lowest BCUT2D eigenvalue weighted by atomic mass is 9.92. The van der Waals surface area contributed by atoms with Crippen molar-refractivity contribution in [3.8, 4) is 0 Å². The van der Waals surface area contributed by atoms with Crippen LogP contribution in [0.25, 0.3) is 10.9 Å². The van der Waals surface area contributed by atoms with Crippen LogP contribution in [-0.2, 0) is 17.6 Å². The number of rotatable bonds is 12. The topological polar surface area (TPSA) is 54.0 Å². The summed E-state index contributed by atoms with van der Waals surface area (Å²) >= 11 is 8.59. The first-order valence-corrected chi connectivity index (χ1v) is 15.3. The summed E-state index contributed by atoms with van der Waals surface area (Å²) in [6, 6.07) is 5.97. The van der Waals surface area contributed by atoms with Crippen molar-refractivity contribution in [2.45, 2.75) is 76.4 Å². The lowest BCUT2D eigenvalue weighted by Crippen LogP contribution is -2.25. The van der Waals surface area contributed by atoms with Crippen LogP contribution in [0.4, 0.5) is 5.69 Å². The van der Waals surface area contributed by atoms with E-state index < -0.39 is 0 Å². The molecule has 0 fully saturated rings. The van der Waals surface area contributed by atoms with E-state index in [1.54, 1.807) is 0 Å². The maximum Gasteiger partial charge on any atom is 0.219 e. The second-order valence-corrected chi connectivity index (χ2v) is 11.1. The lowest BCUT2D eigenvalue weighted by Gasteiger charge is -2.22. The minimum atomic E-state index is 0.177. The van der Waals surface area contributed by atoms with Crippen molar-refractivity contribution in [3.63, 3.8) is 0 Å². The van der Waals surface area contributed by atoms with Gasteiger partial charge >= 0.3 is 0 Å². The Balaban J connectivity index is 1.45. The van der Waals surface area contributed by atoms with Crippen LogP contribution in [0.3, 0.4) is 0 Å². The van der Waals surface area contributed by atoms with E-state index >= 15 is 0 Å². The maximum absolute atomic E-state index is 12.1. The number of halogens is 2. The molecule has 1 aromatic heterocycles. The number of hydrogen-bond donors (Lipinski definition) is 2. The first-order valence-electron chi connectivity index (χ1n) is 11.5. The Hall–Kier alpha value is -0.730. The van der Waals surface area contributed by atoms with E-state index in [-0.39, 0.29) is 5.91 Å². The average Bonchev–Trinajstić information content (AvgIpc) is 2.78. The van der Waals surface area contributed by atoms with Gasteiger partial charge in [-0.15, -0.1) is 0 Å². The van der Waals surface area contributed by atoms with Crippen molar-refractivity contribution in [3.05, 3.63) is 34.5 Å². The Morgan fingerprint density at radius 1 is 1.23 bits per heavy atom. The zero-order valence-corrected chi connectivity index (χ0v) is 22.0. The molecule has 2 aromatic rings. The smallest absolute Gasteiger partial charge is 0.219 e. The molecule has 0 bridgehead atoms. The number of aryl methyl sites for hydroxylation is 1. The van der Waals surface area contributed by atoms with Crippen LogP contribution >= 0.6 is 41.7 Å². The summed E-state index contributed by atoms with van der Waals surface area (Å²) in [6.07, 6.45) is 10.6. The van der Waals surface area contributed by atoms with Gasteiger partial charge in [0.05, 0.1) is 5.52 Å². The predicted octanol–water partition coefficient (Wildman–Crippen LogP) is 7.11. The van der Waals surface area contributed by atoms with Crippen LogP contribution in [-0.4, -0.2) is 29.2 Å². The fraction of sp³-hybridized carbons (Fsp3) is 0.583. The molecule has 1 aliphatic rings. The number of anilines is 1. The summed E-state index contributed by atoms with van der Waals surface area (Å²) in [5, 5.41) is 9.32. The van der Waals surface area contributed by atoms with E-state index in [1.165, 1.54) is 42.6 Å². The monoisotopic (exact) mass is 573 g/mol. The number of fused-ring (bicyclic) bond motifs is 2. The normalized spacial score (nSPS) is 14.3. The molecular weight excluding hydrogens is 541 g/mol. The van der Waals surface area contributed by atoms with Crippen LogP contribution in [0.5, 0.6) is 0 Å². The second kappa shape index (κ2) is 13.1. The zero-order valence-electron chi connectivity index (χ0n) is 18.3. The molecule has 1 heterocycles. The average molecular weight is 574 g/mol. The van der Waals surface area contributed by atoms with Gasteiger partial charge in [0.2, 0.25) is 5.91 Å². The molecule has 2 N–H and O–H groups in total. The number of carbonyl (C=O) groups excluding carboxylic acids is 1. The molecule has 0 spiro atoms. The Labute approximate surface area is 207 Å². The number of nitrogens with one attached hydrogen (secondary N) is 2. The Kier molecular flexibility index (Phi) is 10.5. The van der Waals surface area contributed by atoms with Crippen molar-refractivity contribution in [2.24, 2.45) is 0 Å². The molecule has 1 aliphatic carbocycles. The summed E-state index contributed by atoms with van der Waals surface area (Å²) < 4.78 is 0. The highest BCUT2D eigenvalue weighted by atomic mass is 127. The van der Waals surface area contributed by atoms with Crippen molar-refractivity contribution in [2.75, 3.05) is 18.4 Å². The van der Waals surface area contributed by atoms with Gasteiger partial charge in [-0.25, -0.2) is 0 Å². The van der Waals surface area contributed by atoms with Crippen LogP contribution in [0.15, 0.2) is 18.2 Å². The van der Waals surface area contributed by atoms with Gasteiger partial charge in [-0.05, 0) is 96.3 Å². The first kappa shape index (κ1) is 24.9. The van der Waals surface area contributed by atoms with Gasteiger partial charge in [-0.3, -0.25) is 9.78 Å². The van der Waals surface area contributed by atoms with Crippen LogP contribution in [0, 0.1) is 0 Å². The van der Waals surface area contributed by atoms with E-state index in [9.17, 15) is 4.79 Å². The van der Waals surface area contributed by atoms with Crippen LogP contribution in [0.2, 0.25) is 5.02 Å². The van der Waals surface area contributed by atoms with E-state index in [2.05, 4.69) is 44.8 Å². The fourth-order valence-electron chi connectivity index (χ4n) is 4.19. The van der Waals surface area contributed by atoms with Gasteiger partial charge in [0.15, 0.2) is 0 Å². The third-order valence-electron chi connectivity index (χ3n) is 5.96. The molecule has 1 unspecified atom stereocenters. The maximum atomic E-state index is 12.1. The molecule has 170 valence electrons. The van der Waals surface area contributed by atoms with Crippen LogP contribution in [0.1, 0.15) is 69.5 Å². The molecule has 1 amide bonds. The highest BCUT2D eigenvalue weighted by Crippen LogP contribution is 2.34. The Morgan fingerprint density at radius 3 is 2.87 bits per heavy atom. The van der Waals surface area contributed by atoms with E-state index in [1.807, 2.05) is 21.1 Å². The third kappa shape index (κ3) is 7.39. The fourth-order valence-corrected chi connectivity index (χ4v) is 6.58. The summed E-state index contributed by atoms with van der Waals surface area (Å²) in [5.41, 5.74) is 4.75. The largest absolute Gasteiger partial charge is 0.384 e. The molecule has 31 heavy (non-hydrogen) atoms. The molecule has 0 aliphatic heterocycles. The molecule has 1 atom stereocenters. The number of unbranched alkanes of at least 4 members (excludes halogenated alkanes) is 1. The number of carbonyl (C=O) groups is 1. The summed E-state index contributed by atoms with van der Waals surface area (Å²) in [6.45, 7) is 3.78. The Bertz CT molecular complexity index is 876. The van der Waals surface area contributed by atoms with E-state index in [0.29, 0.717) is 13.0 Å². The van der Waals surface area contributed by atoms with Gasteiger partial charge in [0.1, 0.15) is 0 Å². The predicted molar refractivity (Wildman–Crippen MR) is 144 cm³/mol. The van der Waals surface area contributed by atoms with Gasteiger partial charge in [-0.2, -0.15) is 0 Å². The third-order valence-corrected chi connectivity index (χ3v) is 9.18. The highest BCUT2D eigenvalue weighted by Gasteiger charge is 2.18. The number of pyridine rings is 1. The van der Waals surface area contributed by atoms with Crippen molar-refractivity contribution in [1.29, 1.82) is 0 Å². The number of benzene rings is 1. The molecule has 1 aromatic carbocycles. The molecule has 0 radical (unpaired) electrons. The van der Waals surface area contributed by atoms with Crippen LogP contribution < -0.4 is 10.6 Å². The minimum Gasteiger partial charge on any atom is -0.384 e. The molecular formula is C24H33ClIN3OS. The van der Waals surface area contributed by atoms with Crippen molar-refractivity contribution >= 4 is 64.2 Å². The first-order chi connectivity index (χ1) is 15.1. The van der Waals surface area contributed by atoms with Gasteiger partial charge in [0, 0.05) is 46.6 Å². The molecule has 0 saturated carbocycles. The quantitative estimate of drug-likeness (QED) is 0.210. The minimum absolute atomic E-state index is 0.177. The van der Waals surface area contributed by atoms with Gasteiger partial charge in [-0.1, -0.05) is 33.9 Å². The SMILES string of the molecule is CCC(CCCCC(=O)NCCCNc1c2c(nc3cc(Cl)ccc13)CCCC2)SI. The standard InChI is InChI=1S/C24H33ClIN3OS/c1-2-18(31-26)8-3-6-11-23(30)27-14-7-15-28-24-19-9-4-5-10-21(19)29-22-16-17(25)12-13-20(22)24/h12-13,16,18H,2-11,14-15H2,1H3,(H,27,30)(H,28,29). The summed E-state index contributed by atoms with van der Waals surface area (Å²) in [5.74, 6) is 0.177. The highest BCUT2D eigenvalue weighted by molar-refractivity contribution is 14.2. The number of hydrogen-bond acceptors (Lipinski definition) is 4. The van der Waals surface area contributed by atoms with Gasteiger partial charge in [0.25, 0.3) is 0 Å². The molecule has 3 rings (SSSR count). The number of aromatic nitrogens is 1.